The molecule has 4 aromatic rings. The van der Waals surface area contributed by atoms with E-state index in [1.165, 1.54) is 54.6 Å². The van der Waals surface area contributed by atoms with Crippen LogP contribution >= 0.6 is 23.2 Å². The van der Waals surface area contributed by atoms with Crippen LogP contribution in [-0.4, -0.2) is 47.0 Å². The normalized spacial score (nSPS) is 12.0. The predicted molar refractivity (Wildman–Crippen MR) is 149 cm³/mol. The monoisotopic (exact) mass is 594 g/mol. The highest BCUT2D eigenvalue weighted by Crippen LogP contribution is 2.19. The number of carboxylic acids is 1. The molecule has 0 aliphatic rings. The van der Waals surface area contributed by atoms with E-state index < -0.39 is 41.9 Å². The first kappa shape index (κ1) is 29.1. The molecule has 0 aliphatic heterocycles. The van der Waals surface area contributed by atoms with E-state index >= 15 is 0 Å². The number of esters is 2. The van der Waals surface area contributed by atoms with Crippen LogP contribution in [-0.2, 0) is 19.1 Å². The lowest BCUT2D eigenvalue weighted by molar-refractivity contribution is -0.159. The summed E-state index contributed by atoms with van der Waals surface area (Å²) in [6.45, 7) is 0. The van der Waals surface area contributed by atoms with Crippen LogP contribution in [0.2, 0.25) is 10.0 Å². The van der Waals surface area contributed by atoms with Crippen molar-refractivity contribution in [3.8, 4) is 0 Å². The number of hydrogen-bond donors (Lipinski definition) is 3. The smallest absolute Gasteiger partial charge is 0.349 e. The van der Waals surface area contributed by atoms with E-state index in [0.29, 0.717) is 15.4 Å². The number of ether oxygens (including phenoxy) is 2. The third-order valence-electron chi connectivity index (χ3n) is 5.74. The zero-order valence-corrected chi connectivity index (χ0v) is 22.4. The molecule has 0 aliphatic carbocycles. The fraction of sp³-hybridized carbons (Fsp3) is 0.0690. The molecule has 0 heterocycles. The first-order valence-corrected chi connectivity index (χ1v) is 12.6. The maximum absolute atomic E-state index is 13.2. The van der Waals surface area contributed by atoms with Gasteiger partial charge in [-0.1, -0.05) is 59.6 Å². The number of hydrogen-bond acceptors (Lipinski definition) is 7. The van der Waals surface area contributed by atoms with Gasteiger partial charge in [-0.05, 0) is 65.4 Å². The van der Waals surface area contributed by atoms with Crippen molar-refractivity contribution in [1.82, 2.24) is 10.9 Å². The predicted octanol–water partition coefficient (Wildman–Crippen LogP) is 4.44. The van der Waals surface area contributed by atoms with Crippen LogP contribution < -0.4 is 10.9 Å². The number of hydrazine groups is 1. The standard InChI is InChI=1S/C29H20Cl2N2O8/c30-19-12-8-17(9-13-19)28(38)40-23(24(27(36)37)41-29(39)18-10-14-20(31)15-11-18)26(35)33-32-25(34)22-7-3-5-16-4-1-2-6-21(16)22/h1-15,23-24H,(H,32,34)(H,33,35)(H,36,37)/t23-,24+/m1/s1. The minimum Gasteiger partial charge on any atom is -0.478 e. The van der Waals surface area contributed by atoms with Gasteiger partial charge in [-0.2, -0.15) is 0 Å². The Morgan fingerprint density at radius 1 is 0.634 bits per heavy atom. The SMILES string of the molecule is O=C(O[C@H](C(=O)O)[C@@H](OC(=O)c1ccc(Cl)cc1)C(=O)NNC(=O)c1cccc2ccccc12)c1ccc(Cl)cc1. The van der Waals surface area contributed by atoms with Crippen LogP contribution in [0.3, 0.4) is 0 Å². The zero-order valence-electron chi connectivity index (χ0n) is 20.9. The molecular weight excluding hydrogens is 575 g/mol. The number of carbonyl (C=O) groups excluding carboxylic acids is 4. The Balaban J connectivity index is 1.58. The lowest BCUT2D eigenvalue weighted by Gasteiger charge is -2.23. The second kappa shape index (κ2) is 12.9. The van der Waals surface area contributed by atoms with E-state index in [-0.39, 0.29) is 16.7 Å². The number of aliphatic carboxylic acids is 1. The van der Waals surface area contributed by atoms with Crippen LogP contribution in [0.4, 0.5) is 0 Å². The van der Waals surface area contributed by atoms with Crippen molar-refractivity contribution in [2.45, 2.75) is 12.2 Å². The molecule has 0 aromatic heterocycles. The van der Waals surface area contributed by atoms with Gasteiger partial charge in [-0.15, -0.1) is 0 Å². The van der Waals surface area contributed by atoms with Crippen molar-refractivity contribution in [3.63, 3.8) is 0 Å². The summed E-state index contributed by atoms with van der Waals surface area (Å²) in [5.41, 5.74) is 4.31. The van der Waals surface area contributed by atoms with E-state index in [4.69, 9.17) is 32.7 Å². The van der Waals surface area contributed by atoms with Gasteiger partial charge >= 0.3 is 17.9 Å². The van der Waals surface area contributed by atoms with Gasteiger partial charge < -0.3 is 14.6 Å². The molecule has 0 radical (unpaired) electrons. The summed E-state index contributed by atoms with van der Waals surface area (Å²) in [6, 6.07) is 22.6. The lowest BCUT2D eigenvalue weighted by Crippen LogP contribution is -2.54. The summed E-state index contributed by atoms with van der Waals surface area (Å²) in [7, 11) is 0. The Hall–Kier alpha value is -4.93. The first-order valence-electron chi connectivity index (χ1n) is 11.9. The highest BCUT2D eigenvalue weighted by Gasteiger charge is 2.41. The number of carboxylic acid groups (broad SMARTS) is 1. The summed E-state index contributed by atoms with van der Waals surface area (Å²) in [6.07, 6.45) is -4.52. The Morgan fingerprint density at radius 2 is 1.15 bits per heavy atom. The van der Waals surface area contributed by atoms with Gasteiger partial charge in [0.1, 0.15) is 0 Å². The fourth-order valence-corrected chi connectivity index (χ4v) is 3.97. The number of halogens is 2. The largest absolute Gasteiger partial charge is 0.478 e. The fourth-order valence-electron chi connectivity index (χ4n) is 3.71. The molecule has 0 spiro atoms. The minimum absolute atomic E-state index is 0.0693. The second-order valence-electron chi connectivity index (χ2n) is 8.47. The molecule has 2 amide bonds. The molecule has 12 heteroatoms. The highest BCUT2D eigenvalue weighted by molar-refractivity contribution is 6.31. The maximum atomic E-state index is 13.2. The van der Waals surface area contributed by atoms with Crippen molar-refractivity contribution in [1.29, 1.82) is 0 Å². The van der Waals surface area contributed by atoms with Crippen molar-refractivity contribution in [2.75, 3.05) is 0 Å². The quantitative estimate of drug-likeness (QED) is 0.200. The van der Waals surface area contributed by atoms with Crippen molar-refractivity contribution >= 4 is 63.7 Å². The number of nitrogens with one attached hydrogen (secondary N) is 2. The number of benzene rings is 4. The number of carbonyl (C=O) groups is 5. The van der Waals surface area contributed by atoms with Gasteiger partial charge in [-0.3, -0.25) is 20.4 Å². The third kappa shape index (κ3) is 7.18. The van der Waals surface area contributed by atoms with Crippen LogP contribution in [0.15, 0.2) is 91.0 Å². The number of rotatable bonds is 8. The Bertz CT molecular complexity index is 1620. The summed E-state index contributed by atoms with van der Waals surface area (Å²) < 4.78 is 10.3. The molecule has 4 aromatic carbocycles. The molecule has 4 rings (SSSR count). The van der Waals surface area contributed by atoms with Crippen molar-refractivity contribution in [3.05, 3.63) is 118 Å². The lowest BCUT2D eigenvalue weighted by atomic mass is 10.0. The molecule has 10 nitrogen and oxygen atoms in total. The van der Waals surface area contributed by atoms with Crippen LogP contribution in [0, 0.1) is 0 Å². The molecule has 0 fully saturated rings. The van der Waals surface area contributed by atoms with E-state index in [1.807, 2.05) is 0 Å². The molecule has 0 unspecified atom stereocenters. The zero-order chi connectivity index (χ0) is 29.5. The Labute approximate surface area is 242 Å². The van der Waals surface area contributed by atoms with Crippen LogP contribution in [0.1, 0.15) is 31.1 Å². The molecule has 0 saturated carbocycles. The Morgan fingerprint density at radius 3 is 1.71 bits per heavy atom. The summed E-state index contributed by atoms with van der Waals surface area (Å²) in [5.74, 6) is -6.05. The highest BCUT2D eigenvalue weighted by atomic mass is 35.5. The molecule has 0 saturated heterocycles. The van der Waals surface area contributed by atoms with Crippen LogP contribution in [0.5, 0.6) is 0 Å². The van der Waals surface area contributed by atoms with E-state index in [0.717, 1.165) is 5.39 Å². The molecule has 41 heavy (non-hydrogen) atoms. The summed E-state index contributed by atoms with van der Waals surface area (Å²) in [5, 5.41) is 11.8. The minimum atomic E-state index is -2.30. The number of fused-ring (bicyclic) bond motifs is 1. The topological polar surface area (TPSA) is 148 Å². The summed E-state index contributed by atoms with van der Waals surface area (Å²) >= 11 is 11.7. The van der Waals surface area contributed by atoms with Gasteiger partial charge in [0.05, 0.1) is 11.1 Å². The second-order valence-corrected chi connectivity index (χ2v) is 9.35. The molecule has 2 atom stereocenters. The van der Waals surface area contributed by atoms with E-state index in [1.54, 1.807) is 36.4 Å². The van der Waals surface area contributed by atoms with Crippen LogP contribution in [0.25, 0.3) is 10.8 Å². The first-order chi connectivity index (χ1) is 19.6. The van der Waals surface area contributed by atoms with Crippen molar-refractivity contribution in [2.24, 2.45) is 0 Å². The number of amides is 2. The molecular formula is C29H20Cl2N2O8. The van der Waals surface area contributed by atoms with Gasteiger partial charge in [-0.25, -0.2) is 14.4 Å². The molecule has 0 bridgehead atoms. The van der Waals surface area contributed by atoms with Crippen molar-refractivity contribution < 1.29 is 38.6 Å². The van der Waals surface area contributed by atoms with Gasteiger partial charge in [0.15, 0.2) is 0 Å². The van der Waals surface area contributed by atoms with E-state index in [9.17, 15) is 29.1 Å². The molecule has 208 valence electrons. The molecule has 3 N–H and O–H groups in total. The maximum Gasteiger partial charge on any atom is 0.349 e. The average Bonchev–Trinajstić information content (AvgIpc) is 2.97. The van der Waals surface area contributed by atoms with Gasteiger partial charge in [0, 0.05) is 15.6 Å². The Kier molecular flexibility index (Phi) is 9.18. The van der Waals surface area contributed by atoms with Gasteiger partial charge in [0.2, 0.25) is 12.2 Å². The summed E-state index contributed by atoms with van der Waals surface area (Å²) in [4.78, 5) is 63.7. The van der Waals surface area contributed by atoms with E-state index in [2.05, 4.69) is 10.9 Å². The van der Waals surface area contributed by atoms with Gasteiger partial charge in [0.25, 0.3) is 11.8 Å². The third-order valence-corrected chi connectivity index (χ3v) is 6.24. The average molecular weight is 595 g/mol.